The van der Waals surface area contributed by atoms with Gasteiger partial charge in [0.2, 0.25) is 0 Å². The van der Waals surface area contributed by atoms with Crippen molar-refractivity contribution in [2.75, 3.05) is 11.5 Å². The largest absolute Gasteiger partial charge is 0.482 e. The summed E-state index contributed by atoms with van der Waals surface area (Å²) < 4.78 is 11.0. The molecule has 1 amide bonds. The van der Waals surface area contributed by atoms with Gasteiger partial charge in [-0.1, -0.05) is 42.5 Å². The van der Waals surface area contributed by atoms with Crippen LogP contribution in [0.4, 0.5) is 5.69 Å². The number of hydrogen-bond acceptors (Lipinski definition) is 6. The second-order valence-electron chi connectivity index (χ2n) is 8.51. The molecule has 0 fully saturated rings. The molecule has 0 bridgehead atoms. The van der Waals surface area contributed by atoms with E-state index in [0.29, 0.717) is 23.5 Å². The van der Waals surface area contributed by atoms with Gasteiger partial charge in [0.25, 0.3) is 5.91 Å². The Morgan fingerprint density at radius 2 is 1.89 bits per heavy atom. The summed E-state index contributed by atoms with van der Waals surface area (Å²) in [5.74, 6) is 0.117. The number of ether oxygens (including phenoxy) is 2. The first kappa shape index (κ1) is 22.8. The number of amides is 1. The summed E-state index contributed by atoms with van der Waals surface area (Å²) in [4.78, 5) is 31.7. The van der Waals surface area contributed by atoms with Gasteiger partial charge in [-0.2, -0.15) is 0 Å². The van der Waals surface area contributed by atoms with Crippen LogP contribution in [-0.2, 0) is 16.1 Å². The third kappa shape index (κ3) is 4.95. The van der Waals surface area contributed by atoms with E-state index in [1.165, 1.54) is 0 Å². The molecule has 0 N–H and O–H groups in total. The lowest BCUT2D eigenvalue weighted by Crippen LogP contribution is -2.38. The molecule has 3 aromatic carbocycles. The van der Waals surface area contributed by atoms with Crippen LogP contribution in [0.2, 0.25) is 0 Å². The van der Waals surface area contributed by atoms with E-state index in [-0.39, 0.29) is 24.6 Å². The summed E-state index contributed by atoms with van der Waals surface area (Å²) in [5, 5.41) is 2.96. The molecule has 5 rings (SSSR count). The summed E-state index contributed by atoms with van der Waals surface area (Å²) in [6.45, 7) is 3.91. The lowest BCUT2D eigenvalue weighted by atomic mass is 10.1. The number of benzene rings is 3. The van der Waals surface area contributed by atoms with E-state index < -0.39 is 0 Å². The Morgan fingerprint density at radius 1 is 1.06 bits per heavy atom. The van der Waals surface area contributed by atoms with Gasteiger partial charge in [-0.05, 0) is 49.7 Å². The monoisotopic (exact) mass is 484 g/mol. The third-order valence-electron chi connectivity index (χ3n) is 5.57. The van der Waals surface area contributed by atoms with Gasteiger partial charge >= 0.3 is 5.97 Å². The molecule has 0 saturated carbocycles. The summed E-state index contributed by atoms with van der Waals surface area (Å²) in [6.07, 6.45) is -0.203. The molecule has 2 heterocycles. The molecule has 6 nitrogen and oxygen atoms in total. The van der Waals surface area contributed by atoms with Crippen molar-refractivity contribution < 1.29 is 19.1 Å². The van der Waals surface area contributed by atoms with Gasteiger partial charge in [0.1, 0.15) is 10.8 Å². The highest BCUT2D eigenvalue weighted by Gasteiger charge is 2.27. The predicted octanol–water partition coefficient (Wildman–Crippen LogP) is 5.97. The molecule has 4 aromatic rings. The van der Waals surface area contributed by atoms with Gasteiger partial charge in [0.15, 0.2) is 6.61 Å². The highest BCUT2D eigenvalue weighted by molar-refractivity contribution is 7.13. The highest BCUT2D eigenvalue weighted by atomic mass is 32.1. The molecular weight excluding hydrogens is 460 g/mol. The molecule has 176 valence electrons. The SMILES string of the molecule is CC(C)OC(=O)c1cccc(CN2C(=O)COc3ccc(-c4csc(-c5ccccc5)n4)cc32)c1. The van der Waals surface area contributed by atoms with Gasteiger partial charge in [-0.3, -0.25) is 4.79 Å². The topological polar surface area (TPSA) is 68.7 Å². The van der Waals surface area contributed by atoms with Gasteiger partial charge < -0.3 is 14.4 Å². The van der Waals surface area contributed by atoms with Crippen LogP contribution in [0.25, 0.3) is 21.8 Å². The molecule has 35 heavy (non-hydrogen) atoms. The first-order chi connectivity index (χ1) is 17.0. The van der Waals surface area contributed by atoms with E-state index in [2.05, 4.69) is 0 Å². The zero-order valence-electron chi connectivity index (χ0n) is 19.4. The predicted molar refractivity (Wildman–Crippen MR) is 137 cm³/mol. The van der Waals surface area contributed by atoms with Crippen LogP contribution in [-0.4, -0.2) is 29.6 Å². The fourth-order valence-corrected chi connectivity index (χ4v) is 4.75. The quantitative estimate of drug-likeness (QED) is 0.316. The van der Waals surface area contributed by atoms with Crippen molar-refractivity contribution in [2.45, 2.75) is 26.5 Å². The molecular formula is C28H24N2O4S. The van der Waals surface area contributed by atoms with Gasteiger partial charge in [-0.15, -0.1) is 11.3 Å². The fraction of sp³-hybridized carbons (Fsp3) is 0.179. The number of nitrogens with zero attached hydrogens (tertiary/aromatic N) is 2. The van der Waals surface area contributed by atoms with Crippen molar-refractivity contribution in [3.63, 3.8) is 0 Å². The van der Waals surface area contributed by atoms with E-state index in [4.69, 9.17) is 14.5 Å². The number of aromatic nitrogens is 1. The summed E-state index contributed by atoms with van der Waals surface area (Å²) in [5.41, 5.74) is 4.78. The summed E-state index contributed by atoms with van der Waals surface area (Å²) in [7, 11) is 0. The number of thiazole rings is 1. The molecule has 0 atom stereocenters. The smallest absolute Gasteiger partial charge is 0.338 e. The average molecular weight is 485 g/mol. The van der Waals surface area contributed by atoms with Crippen molar-refractivity contribution in [3.8, 4) is 27.6 Å². The second kappa shape index (κ2) is 9.72. The Balaban J connectivity index is 1.44. The van der Waals surface area contributed by atoms with E-state index in [1.807, 2.05) is 73.8 Å². The van der Waals surface area contributed by atoms with E-state index in [0.717, 1.165) is 27.4 Å². The molecule has 0 spiro atoms. The van der Waals surface area contributed by atoms with Gasteiger partial charge in [0, 0.05) is 16.5 Å². The van der Waals surface area contributed by atoms with E-state index in [9.17, 15) is 9.59 Å². The van der Waals surface area contributed by atoms with Crippen molar-refractivity contribution in [1.82, 2.24) is 4.98 Å². The third-order valence-corrected chi connectivity index (χ3v) is 6.46. The number of rotatable bonds is 6. The zero-order chi connectivity index (χ0) is 24.4. The number of carbonyl (C=O) groups is 2. The Kier molecular flexibility index (Phi) is 6.33. The maximum absolute atomic E-state index is 12.9. The van der Waals surface area contributed by atoms with Gasteiger partial charge in [-0.25, -0.2) is 9.78 Å². The molecule has 1 aromatic heterocycles. The maximum Gasteiger partial charge on any atom is 0.338 e. The first-order valence-electron chi connectivity index (χ1n) is 11.4. The maximum atomic E-state index is 12.9. The van der Waals surface area contributed by atoms with Crippen LogP contribution in [0.1, 0.15) is 29.8 Å². The molecule has 0 unspecified atom stereocenters. The van der Waals surface area contributed by atoms with Gasteiger partial charge in [0.05, 0.1) is 29.6 Å². The van der Waals surface area contributed by atoms with Crippen LogP contribution in [0.3, 0.4) is 0 Å². The number of anilines is 1. The Labute approximate surface area is 207 Å². The first-order valence-corrected chi connectivity index (χ1v) is 12.2. The molecule has 7 heteroatoms. The van der Waals surface area contributed by atoms with Crippen molar-refractivity contribution in [3.05, 3.63) is 89.3 Å². The number of fused-ring (bicyclic) bond motifs is 1. The van der Waals surface area contributed by atoms with Crippen molar-refractivity contribution >= 4 is 28.9 Å². The van der Waals surface area contributed by atoms with Crippen molar-refractivity contribution in [1.29, 1.82) is 0 Å². The van der Waals surface area contributed by atoms with Crippen LogP contribution in [0.15, 0.2) is 78.2 Å². The number of esters is 1. The minimum Gasteiger partial charge on any atom is -0.482 e. The molecule has 1 aliphatic heterocycles. The average Bonchev–Trinajstić information content (AvgIpc) is 3.36. The highest BCUT2D eigenvalue weighted by Crippen LogP contribution is 2.38. The van der Waals surface area contributed by atoms with Crippen molar-refractivity contribution in [2.24, 2.45) is 0 Å². The molecule has 0 saturated heterocycles. The lowest BCUT2D eigenvalue weighted by Gasteiger charge is -2.30. The number of hydrogen-bond donors (Lipinski definition) is 0. The van der Waals surface area contributed by atoms with Crippen LogP contribution in [0, 0.1) is 0 Å². The Morgan fingerprint density at radius 3 is 2.69 bits per heavy atom. The summed E-state index contributed by atoms with van der Waals surface area (Å²) in [6, 6.07) is 23.0. The standard InChI is InChI=1S/C28H24N2O4S/c1-18(2)34-28(32)22-10-6-7-19(13-22)15-30-24-14-21(11-12-25(24)33-16-26(30)31)23-17-35-27(29-23)20-8-4-3-5-9-20/h3-14,17-18H,15-16H2,1-2H3. The van der Waals surface area contributed by atoms with E-state index >= 15 is 0 Å². The minimum absolute atomic E-state index is 0.0315. The van der Waals surface area contributed by atoms with Crippen LogP contribution < -0.4 is 9.64 Å². The molecule has 0 radical (unpaired) electrons. The van der Waals surface area contributed by atoms with E-state index in [1.54, 1.807) is 34.4 Å². The number of carbonyl (C=O) groups excluding carboxylic acids is 2. The molecule has 0 aliphatic carbocycles. The summed E-state index contributed by atoms with van der Waals surface area (Å²) >= 11 is 1.58. The Hall–Kier alpha value is -3.97. The van der Waals surface area contributed by atoms with Crippen LogP contribution in [0.5, 0.6) is 5.75 Å². The Bertz CT molecular complexity index is 1380. The fourth-order valence-electron chi connectivity index (χ4n) is 3.92. The second-order valence-corrected chi connectivity index (χ2v) is 9.37. The molecule has 1 aliphatic rings. The minimum atomic E-state index is -0.379. The van der Waals surface area contributed by atoms with Crippen LogP contribution >= 0.6 is 11.3 Å². The lowest BCUT2D eigenvalue weighted by molar-refractivity contribution is -0.121. The zero-order valence-corrected chi connectivity index (χ0v) is 20.2. The normalized spacial score (nSPS) is 12.9.